The minimum atomic E-state index is -1.27. The predicted octanol–water partition coefficient (Wildman–Crippen LogP) is 3.40. The lowest BCUT2D eigenvalue weighted by molar-refractivity contribution is 0.0548. The predicted molar refractivity (Wildman–Crippen MR) is 188 cm³/mol. The van der Waals surface area contributed by atoms with Crippen molar-refractivity contribution < 1.29 is 24.2 Å². The Balaban J connectivity index is 0.000000571. The van der Waals surface area contributed by atoms with Crippen LogP contribution in [0.5, 0.6) is 0 Å². The minimum Gasteiger partial charge on any atom is -0.477 e. The number of carbonyl (C=O) groups is 3. The lowest BCUT2D eigenvalue weighted by Crippen LogP contribution is -2.29. The number of rotatable bonds is 9. The van der Waals surface area contributed by atoms with Crippen molar-refractivity contribution in [3.63, 3.8) is 0 Å². The van der Waals surface area contributed by atoms with Crippen LogP contribution >= 0.6 is 24.8 Å². The lowest BCUT2D eigenvalue weighted by atomic mass is 9.98. The molecule has 1 amide bonds. The number of fused-ring (bicyclic) bond motifs is 2. The van der Waals surface area contributed by atoms with Gasteiger partial charge < -0.3 is 26.6 Å². The van der Waals surface area contributed by atoms with Crippen LogP contribution in [0.2, 0.25) is 0 Å². The fourth-order valence-corrected chi connectivity index (χ4v) is 4.91. The molecule has 0 saturated carbocycles. The van der Waals surface area contributed by atoms with E-state index in [0.29, 0.717) is 31.5 Å². The average molecular weight is 714 g/mol. The van der Waals surface area contributed by atoms with E-state index in [-0.39, 0.29) is 68.0 Å². The highest BCUT2D eigenvalue weighted by molar-refractivity contribution is 5.96. The van der Waals surface area contributed by atoms with Crippen molar-refractivity contribution in [2.75, 3.05) is 6.61 Å². The second kappa shape index (κ2) is 19.3. The van der Waals surface area contributed by atoms with Crippen LogP contribution in [0.25, 0.3) is 5.78 Å². The average Bonchev–Trinajstić information content (AvgIpc) is 3.70. The first-order chi connectivity index (χ1) is 22.2. The molecule has 0 aliphatic heterocycles. The van der Waals surface area contributed by atoms with Gasteiger partial charge in [0.2, 0.25) is 5.96 Å². The highest BCUT2D eigenvalue weighted by Gasteiger charge is 2.29. The lowest BCUT2D eigenvalue weighted by Gasteiger charge is -2.16. The van der Waals surface area contributed by atoms with Crippen molar-refractivity contribution in [1.29, 1.82) is 5.26 Å². The molecule has 49 heavy (non-hydrogen) atoms. The van der Waals surface area contributed by atoms with Crippen LogP contribution < -0.4 is 22.1 Å². The molecule has 0 unspecified atom stereocenters. The number of hydrogen-bond donors (Lipinski definition) is 5. The summed E-state index contributed by atoms with van der Waals surface area (Å²) < 4.78 is 6.33. The SMILES string of the molecule is C.C=CCOC(=O)c1ccc2c(c1C)CC[C@@H]2NC(=O)c1cc(C(=O)O)nc2ncnn12.Cl.Cl.N#CNC(N)=NCc1cccc(CN)c1. The number of nitrogens with two attached hydrogens (primary N) is 2. The van der Waals surface area contributed by atoms with E-state index >= 15 is 0 Å². The maximum absolute atomic E-state index is 13.0. The van der Waals surface area contributed by atoms with Gasteiger partial charge in [-0.2, -0.15) is 19.9 Å². The number of benzene rings is 2. The Morgan fingerprint density at radius 1 is 1.22 bits per heavy atom. The third-order valence-electron chi connectivity index (χ3n) is 7.10. The van der Waals surface area contributed by atoms with E-state index in [2.05, 4.69) is 37.3 Å². The maximum atomic E-state index is 13.0. The first kappa shape index (κ1) is 41.5. The Bertz CT molecular complexity index is 1870. The Labute approximate surface area is 295 Å². The van der Waals surface area contributed by atoms with E-state index in [1.807, 2.05) is 37.3 Å². The van der Waals surface area contributed by atoms with E-state index in [9.17, 15) is 19.5 Å². The first-order valence-corrected chi connectivity index (χ1v) is 14.0. The van der Waals surface area contributed by atoms with Crippen molar-refractivity contribution >= 4 is 54.4 Å². The van der Waals surface area contributed by atoms with E-state index in [1.165, 1.54) is 23.0 Å². The molecule has 7 N–H and O–H groups in total. The van der Waals surface area contributed by atoms with Crippen LogP contribution in [0.1, 0.15) is 79.0 Å². The molecule has 0 fully saturated rings. The molecule has 2 aromatic heterocycles. The van der Waals surface area contributed by atoms with E-state index < -0.39 is 17.8 Å². The highest BCUT2D eigenvalue weighted by Crippen LogP contribution is 2.35. The maximum Gasteiger partial charge on any atom is 0.354 e. The van der Waals surface area contributed by atoms with Crippen molar-refractivity contribution in [3.8, 4) is 6.19 Å². The largest absolute Gasteiger partial charge is 0.477 e. The minimum absolute atomic E-state index is 0. The smallest absolute Gasteiger partial charge is 0.354 e. The van der Waals surface area contributed by atoms with Crippen LogP contribution in [0.15, 0.2) is 66.4 Å². The van der Waals surface area contributed by atoms with Gasteiger partial charge in [0.1, 0.15) is 18.6 Å². The number of aromatic carboxylic acids is 1. The van der Waals surface area contributed by atoms with E-state index in [4.69, 9.17) is 21.5 Å². The Hall–Kier alpha value is -5.56. The third kappa shape index (κ3) is 10.2. The van der Waals surface area contributed by atoms with Gasteiger partial charge in [-0.3, -0.25) is 10.1 Å². The van der Waals surface area contributed by atoms with E-state index in [0.717, 1.165) is 27.8 Å². The van der Waals surface area contributed by atoms with Crippen molar-refractivity contribution in [1.82, 2.24) is 30.2 Å². The van der Waals surface area contributed by atoms with Gasteiger partial charge in [0, 0.05) is 12.6 Å². The normalized spacial score (nSPS) is 12.7. The number of carboxylic acid groups (broad SMARTS) is 1. The van der Waals surface area contributed by atoms with Crippen LogP contribution in [-0.4, -0.2) is 55.1 Å². The molecule has 0 saturated heterocycles. The highest BCUT2D eigenvalue weighted by atomic mass is 35.5. The quantitative estimate of drug-likeness (QED) is 0.0419. The summed E-state index contributed by atoms with van der Waals surface area (Å²) in [5, 5.41) is 26.7. The third-order valence-corrected chi connectivity index (χ3v) is 7.10. The summed E-state index contributed by atoms with van der Waals surface area (Å²) in [6, 6.07) is 12.1. The number of nitrogens with zero attached hydrogens (tertiary/aromatic N) is 6. The van der Waals surface area contributed by atoms with E-state index in [1.54, 1.807) is 12.3 Å². The zero-order valence-corrected chi connectivity index (χ0v) is 27.4. The molecule has 2 heterocycles. The zero-order chi connectivity index (χ0) is 33.2. The monoisotopic (exact) mass is 712 g/mol. The molecule has 1 aliphatic carbocycles. The van der Waals surface area contributed by atoms with Gasteiger partial charge in [-0.05, 0) is 53.6 Å². The zero-order valence-electron chi connectivity index (χ0n) is 25.8. The molecule has 1 aliphatic rings. The Morgan fingerprint density at radius 3 is 2.63 bits per heavy atom. The number of hydrogen-bond acceptors (Lipinski definition) is 10. The Kier molecular flexibility index (Phi) is 16.3. The standard InChI is InChI=1S/C21H19N5O5.C10H13N5.CH4.2ClH/c1-3-8-31-20(30)13-4-5-14-12(11(13)2)6-7-15(14)24-18(27)17-9-16(19(28)29)25-21-22-10-23-26(17)21;11-5-8-2-1-3-9(4-8)6-14-10(13)15-7-12;;;/h3-5,9-10,15H,1,6-8H2,2H3,(H,24,27)(H,28,29);1-4H,5-6,11H2,(H3,13,14,15);1H4;2*1H/t15-;;;;/m0..../s1. The molecule has 2 aromatic carbocycles. The Morgan fingerprint density at radius 2 is 1.96 bits per heavy atom. The van der Waals surface area contributed by atoms with Gasteiger partial charge in [0.05, 0.1) is 18.2 Å². The summed E-state index contributed by atoms with van der Waals surface area (Å²) in [6.45, 7) is 6.47. The van der Waals surface area contributed by atoms with Gasteiger partial charge in [-0.1, -0.05) is 50.4 Å². The molecule has 17 heteroatoms. The number of aromatic nitrogens is 4. The summed E-state index contributed by atoms with van der Waals surface area (Å²) in [5.41, 5.74) is 15.9. The number of guanidine groups is 1. The van der Waals surface area contributed by atoms with Gasteiger partial charge in [0.25, 0.3) is 11.7 Å². The van der Waals surface area contributed by atoms with Gasteiger partial charge in [0.15, 0.2) is 11.9 Å². The number of nitriles is 1. The summed E-state index contributed by atoms with van der Waals surface area (Å²) in [4.78, 5) is 48.3. The number of halogens is 2. The van der Waals surface area contributed by atoms with Gasteiger partial charge >= 0.3 is 11.9 Å². The molecule has 0 bridgehead atoms. The van der Waals surface area contributed by atoms with Crippen LogP contribution in [-0.2, 0) is 24.2 Å². The van der Waals surface area contributed by atoms with Gasteiger partial charge in [-0.15, -0.1) is 24.8 Å². The molecule has 0 radical (unpaired) electrons. The first-order valence-electron chi connectivity index (χ1n) is 14.0. The fourth-order valence-electron chi connectivity index (χ4n) is 4.91. The van der Waals surface area contributed by atoms with Crippen LogP contribution in [0.3, 0.4) is 0 Å². The van der Waals surface area contributed by atoms with Crippen molar-refractivity contribution in [2.24, 2.45) is 16.5 Å². The molecule has 5 rings (SSSR count). The summed E-state index contributed by atoms with van der Waals surface area (Å²) >= 11 is 0. The molecule has 260 valence electrons. The number of nitrogens with one attached hydrogen (secondary N) is 2. The van der Waals surface area contributed by atoms with Crippen molar-refractivity contribution in [2.45, 2.75) is 46.3 Å². The molecule has 4 aromatic rings. The molecular weight excluding hydrogens is 675 g/mol. The van der Waals surface area contributed by atoms with Gasteiger partial charge in [-0.25, -0.2) is 19.6 Å². The number of ether oxygens (including phenoxy) is 1. The summed E-state index contributed by atoms with van der Waals surface area (Å²) in [6.07, 6.45) is 5.74. The fraction of sp³-hybridized carbons (Fsp3) is 0.250. The molecule has 0 spiro atoms. The molecule has 1 atom stereocenters. The number of carboxylic acids is 1. The molecule has 15 nitrogen and oxygen atoms in total. The number of carbonyl (C=O) groups excluding carboxylic acids is 2. The second-order valence-corrected chi connectivity index (χ2v) is 10.0. The second-order valence-electron chi connectivity index (χ2n) is 10.0. The number of amides is 1. The summed E-state index contributed by atoms with van der Waals surface area (Å²) in [5.74, 6) is -2.03. The molecular formula is C32H38Cl2N10O5. The number of aliphatic imine (C=N–C) groups is 1. The summed E-state index contributed by atoms with van der Waals surface area (Å²) in [7, 11) is 0. The van der Waals surface area contributed by atoms with Crippen LogP contribution in [0, 0.1) is 18.4 Å². The van der Waals surface area contributed by atoms with Crippen LogP contribution in [0.4, 0.5) is 0 Å². The number of esters is 1. The topological polar surface area (TPSA) is 236 Å². The van der Waals surface area contributed by atoms with Crippen molar-refractivity contribution in [3.05, 3.63) is 106 Å².